The molecule has 204 valence electrons. The Kier molecular flexibility index (Phi) is 7.87. The van der Waals surface area contributed by atoms with Gasteiger partial charge in [-0.15, -0.1) is 0 Å². The number of hydrogen-bond acceptors (Lipinski definition) is 2. The molecule has 0 radical (unpaired) electrons. The first-order chi connectivity index (χ1) is 17.3. The lowest BCUT2D eigenvalue weighted by Gasteiger charge is -2.62. The van der Waals surface area contributed by atoms with Crippen LogP contribution in [0.2, 0.25) is 0 Å². The first-order valence-corrected chi connectivity index (χ1v) is 15.8. The van der Waals surface area contributed by atoms with Crippen molar-refractivity contribution < 1.29 is 9.53 Å². The summed E-state index contributed by atoms with van der Waals surface area (Å²) in [7, 11) is 0. The zero-order valence-electron chi connectivity index (χ0n) is 24.0. The zero-order valence-corrected chi connectivity index (χ0v) is 24.0. The van der Waals surface area contributed by atoms with Crippen molar-refractivity contribution in [3.63, 3.8) is 0 Å². The molecule has 0 aromatic rings. The molecule has 3 nitrogen and oxygen atoms in total. The van der Waals surface area contributed by atoms with E-state index in [0.717, 1.165) is 67.9 Å². The van der Waals surface area contributed by atoms with Crippen LogP contribution in [0.4, 0.5) is 4.79 Å². The maximum absolute atomic E-state index is 12.6. The van der Waals surface area contributed by atoms with Gasteiger partial charge in [0.2, 0.25) is 0 Å². The Morgan fingerprint density at radius 2 is 1.69 bits per heavy atom. The first-order valence-electron chi connectivity index (χ1n) is 15.8. The summed E-state index contributed by atoms with van der Waals surface area (Å²) in [6, 6.07) is 0. The predicted molar refractivity (Wildman–Crippen MR) is 149 cm³/mol. The Morgan fingerprint density at radius 1 is 0.944 bits per heavy atom. The van der Waals surface area contributed by atoms with Crippen molar-refractivity contribution >= 4 is 6.09 Å². The molecule has 6 unspecified atom stereocenters. The number of amides is 1. The molecule has 4 saturated carbocycles. The summed E-state index contributed by atoms with van der Waals surface area (Å²) in [5.41, 5.74) is 2.39. The number of nitrogens with zero attached hydrogens (tertiary/aromatic N) is 1. The second kappa shape index (κ2) is 10.6. The lowest BCUT2D eigenvalue weighted by atomic mass is 9.42. The van der Waals surface area contributed by atoms with Gasteiger partial charge in [0.25, 0.3) is 0 Å². The van der Waals surface area contributed by atoms with E-state index in [2.05, 4.69) is 34.3 Å². The van der Waals surface area contributed by atoms with Crippen molar-refractivity contribution in [1.82, 2.24) is 4.90 Å². The fourth-order valence-corrected chi connectivity index (χ4v) is 10.7. The second-order valence-electron chi connectivity index (χ2n) is 14.3. The summed E-state index contributed by atoms with van der Waals surface area (Å²) in [4.78, 5) is 14.5. The van der Waals surface area contributed by atoms with E-state index in [9.17, 15) is 4.79 Å². The highest BCUT2D eigenvalue weighted by Crippen LogP contribution is 2.69. The zero-order chi connectivity index (χ0) is 25.5. The van der Waals surface area contributed by atoms with Crippen LogP contribution in [-0.2, 0) is 4.74 Å². The van der Waals surface area contributed by atoms with Gasteiger partial charge in [0, 0.05) is 13.1 Å². The Labute approximate surface area is 222 Å². The van der Waals surface area contributed by atoms with Gasteiger partial charge in [-0.2, -0.15) is 0 Å². The predicted octanol–water partition coefficient (Wildman–Crippen LogP) is 8.88. The fraction of sp³-hybridized carbons (Fsp3) is 0.909. The van der Waals surface area contributed by atoms with Crippen molar-refractivity contribution in [3.8, 4) is 0 Å². The molecule has 0 aromatic heterocycles. The third kappa shape index (κ3) is 4.68. The monoisotopic (exact) mass is 497 g/mol. The number of likely N-dealkylation sites (tertiary alicyclic amines) is 1. The molecular formula is C33H55NO2. The minimum Gasteiger partial charge on any atom is -0.449 e. The van der Waals surface area contributed by atoms with Crippen molar-refractivity contribution in [2.24, 2.45) is 52.3 Å². The third-order valence-corrected chi connectivity index (χ3v) is 12.8. The Morgan fingerprint density at radius 3 is 2.42 bits per heavy atom. The van der Waals surface area contributed by atoms with Gasteiger partial charge in [-0.3, -0.25) is 0 Å². The van der Waals surface area contributed by atoms with Crippen LogP contribution in [0.25, 0.3) is 0 Å². The van der Waals surface area contributed by atoms with Crippen LogP contribution in [0.15, 0.2) is 12.2 Å². The fourth-order valence-electron chi connectivity index (χ4n) is 10.7. The quantitative estimate of drug-likeness (QED) is 0.271. The Bertz CT molecular complexity index is 800. The van der Waals surface area contributed by atoms with E-state index in [4.69, 9.17) is 4.74 Å². The minimum absolute atomic E-state index is 0.0886. The SMILES string of the molecule is C=C(C)C1CCN(C(=O)OCCCC2CCC3C4C[C@H](CC)C5CCCCC5(C)[C@H]4CCC23C)CC1. The average molecular weight is 498 g/mol. The molecule has 1 amide bonds. The number of allylic oxidation sites excluding steroid dienone is 1. The van der Waals surface area contributed by atoms with Crippen LogP contribution in [0.3, 0.4) is 0 Å². The number of piperidine rings is 1. The van der Waals surface area contributed by atoms with Gasteiger partial charge >= 0.3 is 6.09 Å². The standard InChI is InChI=1S/C33H55NO2/c1-6-24-22-27-29-13-12-26(10-9-21-36-31(35)34-19-15-25(16-20-34)23(2)3)32(29,4)18-14-30(27)33(5)17-8-7-11-28(24)33/h24-30H,2,6-22H2,1,3-5H3/t24-,26?,27?,28?,29?,30-,32?,33?/m0/s1. The van der Waals surface area contributed by atoms with Crippen LogP contribution < -0.4 is 0 Å². The molecule has 0 N–H and O–H groups in total. The molecule has 1 aliphatic heterocycles. The van der Waals surface area contributed by atoms with Gasteiger partial charge in [-0.25, -0.2) is 4.79 Å². The number of fused-ring (bicyclic) bond motifs is 5. The van der Waals surface area contributed by atoms with E-state index < -0.39 is 0 Å². The molecule has 4 aliphatic carbocycles. The smallest absolute Gasteiger partial charge is 0.409 e. The third-order valence-electron chi connectivity index (χ3n) is 12.8. The minimum atomic E-state index is -0.0886. The number of carbonyl (C=O) groups excluding carboxylic acids is 1. The van der Waals surface area contributed by atoms with Crippen molar-refractivity contribution in [2.75, 3.05) is 19.7 Å². The van der Waals surface area contributed by atoms with E-state index in [0.29, 0.717) is 23.4 Å². The highest BCUT2D eigenvalue weighted by molar-refractivity contribution is 5.67. The maximum Gasteiger partial charge on any atom is 0.409 e. The van der Waals surface area contributed by atoms with E-state index in [-0.39, 0.29) is 6.09 Å². The summed E-state index contributed by atoms with van der Waals surface area (Å²) in [5.74, 6) is 6.26. The summed E-state index contributed by atoms with van der Waals surface area (Å²) in [5, 5.41) is 0. The maximum atomic E-state index is 12.6. The Hall–Kier alpha value is -0.990. The summed E-state index contributed by atoms with van der Waals surface area (Å²) < 4.78 is 5.76. The highest BCUT2D eigenvalue weighted by atomic mass is 16.6. The van der Waals surface area contributed by atoms with E-state index in [1.807, 2.05) is 4.90 Å². The number of hydrogen-bond donors (Lipinski definition) is 0. The highest BCUT2D eigenvalue weighted by Gasteiger charge is 2.60. The van der Waals surface area contributed by atoms with Crippen molar-refractivity contribution in [3.05, 3.63) is 12.2 Å². The van der Waals surface area contributed by atoms with Crippen LogP contribution in [0.5, 0.6) is 0 Å². The molecule has 1 saturated heterocycles. The molecule has 36 heavy (non-hydrogen) atoms. The normalized spacial score (nSPS) is 42.8. The van der Waals surface area contributed by atoms with Crippen LogP contribution in [0, 0.1) is 52.3 Å². The molecule has 5 aliphatic rings. The molecule has 0 spiro atoms. The average Bonchev–Trinajstić information content (AvgIpc) is 3.22. The largest absolute Gasteiger partial charge is 0.449 e. The molecule has 0 aromatic carbocycles. The van der Waals surface area contributed by atoms with Crippen LogP contribution in [0.1, 0.15) is 118 Å². The van der Waals surface area contributed by atoms with Gasteiger partial charge in [0.1, 0.15) is 0 Å². The summed E-state index contributed by atoms with van der Waals surface area (Å²) in [6.07, 6.45) is 18.9. The molecule has 0 bridgehead atoms. The van der Waals surface area contributed by atoms with Crippen LogP contribution >= 0.6 is 0 Å². The van der Waals surface area contributed by atoms with Gasteiger partial charge in [0.15, 0.2) is 0 Å². The van der Waals surface area contributed by atoms with Gasteiger partial charge in [-0.1, -0.05) is 52.2 Å². The van der Waals surface area contributed by atoms with E-state index in [1.165, 1.54) is 76.2 Å². The van der Waals surface area contributed by atoms with Gasteiger partial charge in [0.05, 0.1) is 6.61 Å². The van der Waals surface area contributed by atoms with Gasteiger partial charge < -0.3 is 9.64 Å². The van der Waals surface area contributed by atoms with Crippen LogP contribution in [-0.4, -0.2) is 30.7 Å². The number of carbonyl (C=O) groups is 1. The Balaban J connectivity index is 1.14. The number of rotatable bonds is 6. The molecular weight excluding hydrogens is 442 g/mol. The van der Waals surface area contributed by atoms with Crippen molar-refractivity contribution in [2.45, 2.75) is 118 Å². The topological polar surface area (TPSA) is 29.5 Å². The van der Waals surface area contributed by atoms with E-state index >= 15 is 0 Å². The summed E-state index contributed by atoms with van der Waals surface area (Å²) in [6.45, 7) is 16.3. The molecule has 3 heteroatoms. The van der Waals surface area contributed by atoms with E-state index in [1.54, 1.807) is 0 Å². The molecule has 5 rings (SSSR count). The lowest BCUT2D eigenvalue weighted by Crippen LogP contribution is -2.55. The molecule has 5 fully saturated rings. The summed E-state index contributed by atoms with van der Waals surface area (Å²) >= 11 is 0. The second-order valence-corrected chi connectivity index (χ2v) is 14.3. The molecule has 1 heterocycles. The first kappa shape index (κ1) is 26.6. The molecule has 8 atom stereocenters. The van der Waals surface area contributed by atoms with Crippen molar-refractivity contribution in [1.29, 1.82) is 0 Å². The lowest BCUT2D eigenvalue weighted by molar-refractivity contribution is -0.135. The number of ether oxygens (including phenoxy) is 1. The van der Waals surface area contributed by atoms with Gasteiger partial charge in [-0.05, 0) is 130 Å².